The smallest absolute Gasteiger partial charge is 0.264 e. The van der Waals surface area contributed by atoms with Gasteiger partial charge in [0, 0.05) is 12.7 Å². The maximum atomic E-state index is 13.0. The van der Waals surface area contributed by atoms with E-state index in [-0.39, 0.29) is 21.2 Å². The predicted octanol–water partition coefficient (Wildman–Crippen LogP) is 4.56. The number of benzene rings is 3. The van der Waals surface area contributed by atoms with Gasteiger partial charge in [0.2, 0.25) is 0 Å². The predicted molar refractivity (Wildman–Crippen MR) is 108 cm³/mol. The van der Waals surface area contributed by atoms with E-state index in [2.05, 4.69) is 5.32 Å². The summed E-state index contributed by atoms with van der Waals surface area (Å²) in [5.41, 5.74) is 0.759. The number of halogens is 2. The van der Waals surface area contributed by atoms with Gasteiger partial charge in [-0.15, -0.1) is 0 Å². The minimum atomic E-state index is -3.79. The van der Waals surface area contributed by atoms with Crippen molar-refractivity contribution in [1.82, 2.24) is 0 Å². The lowest BCUT2D eigenvalue weighted by atomic mass is 10.1. The zero-order chi connectivity index (χ0) is 20.3. The van der Waals surface area contributed by atoms with Crippen LogP contribution < -0.4 is 9.62 Å². The van der Waals surface area contributed by atoms with E-state index in [1.54, 1.807) is 18.2 Å². The molecule has 0 aromatic heterocycles. The highest BCUT2D eigenvalue weighted by molar-refractivity contribution is 7.92. The molecule has 28 heavy (non-hydrogen) atoms. The van der Waals surface area contributed by atoms with Gasteiger partial charge in [-0.2, -0.15) is 0 Å². The van der Waals surface area contributed by atoms with Crippen LogP contribution in [0.2, 0.25) is 5.02 Å². The first kappa shape index (κ1) is 19.9. The van der Waals surface area contributed by atoms with Crippen LogP contribution in [0.4, 0.5) is 15.8 Å². The van der Waals surface area contributed by atoms with Crippen LogP contribution in [-0.2, 0) is 10.0 Å². The maximum Gasteiger partial charge on any atom is 0.264 e. The Morgan fingerprint density at radius 2 is 1.64 bits per heavy atom. The van der Waals surface area contributed by atoms with Crippen molar-refractivity contribution in [3.63, 3.8) is 0 Å². The molecule has 0 saturated carbocycles. The number of carbonyl (C=O) groups excluding carboxylic acids is 1. The van der Waals surface area contributed by atoms with E-state index < -0.39 is 21.7 Å². The standard InChI is InChI=1S/C20H16ClFN2O3S/c1-24(28(26,27)17-5-3-2-4-6-17)16-11-12-19(21)18(13-16)20(25)23-15-9-7-14(22)8-10-15/h2-13H,1H3,(H,23,25). The monoisotopic (exact) mass is 418 g/mol. The molecule has 144 valence electrons. The van der Waals surface area contributed by atoms with E-state index in [1.807, 2.05) is 0 Å². The van der Waals surface area contributed by atoms with Crippen LogP contribution in [0.5, 0.6) is 0 Å². The van der Waals surface area contributed by atoms with Crippen LogP contribution in [0.1, 0.15) is 10.4 Å². The van der Waals surface area contributed by atoms with Crippen molar-refractivity contribution in [2.45, 2.75) is 4.90 Å². The van der Waals surface area contributed by atoms with Crippen molar-refractivity contribution in [3.8, 4) is 0 Å². The molecule has 3 aromatic rings. The third-order valence-electron chi connectivity index (χ3n) is 4.06. The Morgan fingerprint density at radius 1 is 1.00 bits per heavy atom. The molecule has 0 spiro atoms. The molecule has 0 atom stereocenters. The lowest BCUT2D eigenvalue weighted by molar-refractivity contribution is 0.102. The molecule has 3 rings (SSSR count). The highest BCUT2D eigenvalue weighted by atomic mass is 35.5. The van der Waals surface area contributed by atoms with E-state index in [9.17, 15) is 17.6 Å². The van der Waals surface area contributed by atoms with Crippen molar-refractivity contribution in [1.29, 1.82) is 0 Å². The fraction of sp³-hybridized carbons (Fsp3) is 0.0500. The first-order valence-electron chi connectivity index (χ1n) is 8.19. The molecule has 3 aromatic carbocycles. The first-order chi connectivity index (χ1) is 13.3. The fourth-order valence-corrected chi connectivity index (χ4v) is 3.92. The van der Waals surface area contributed by atoms with Gasteiger partial charge in [-0.1, -0.05) is 29.8 Å². The van der Waals surface area contributed by atoms with Crippen LogP contribution in [0.15, 0.2) is 77.7 Å². The zero-order valence-corrected chi connectivity index (χ0v) is 16.3. The molecule has 0 aliphatic heterocycles. The Balaban J connectivity index is 1.90. The summed E-state index contributed by atoms with van der Waals surface area (Å²) >= 11 is 6.13. The Labute approximate surface area is 167 Å². The molecule has 0 aliphatic carbocycles. The van der Waals surface area contributed by atoms with Crippen LogP contribution in [-0.4, -0.2) is 21.4 Å². The number of nitrogens with one attached hydrogen (secondary N) is 1. The summed E-state index contributed by atoms with van der Waals surface area (Å²) in [5.74, 6) is -0.963. The summed E-state index contributed by atoms with van der Waals surface area (Å²) in [5, 5.41) is 2.77. The van der Waals surface area contributed by atoms with Gasteiger partial charge in [0.1, 0.15) is 5.82 Å². The lowest BCUT2D eigenvalue weighted by Crippen LogP contribution is -2.27. The summed E-state index contributed by atoms with van der Waals surface area (Å²) in [4.78, 5) is 12.7. The largest absolute Gasteiger partial charge is 0.322 e. The topological polar surface area (TPSA) is 66.5 Å². The van der Waals surface area contributed by atoms with Gasteiger partial charge >= 0.3 is 0 Å². The van der Waals surface area contributed by atoms with E-state index in [0.29, 0.717) is 5.69 Å². The molecule has 0 aliphatic rings. The highest BCUT2D eigenvalue weighted by Gasteiger charge is 2.22. The summed E-state index contributed by atoms with van der Waals surface area (Å²) in [6.45, 7) is 0. The van der Waals surface area contributed by atoms with Crippen molar-refractivity contribution < 1.29 is 17.6 Å². The molecule has 0 fully saturated rings. The summed E-state index contributed by atoms with van der Waals surface area (Å²) in [7, 11) is -2.40. The van der Waals surface area contributed by atoms with Gasteiger partial charge in [0.25, 0.3) is 15.9 Å². The molecule has 1 N–H and O–H groups in total. The zero-order valence-electron chi connectivity index (χ0n) is 14.8. The third kappa shape index (κ3) is 4.16. The Bertz CT molecular complexity index is 1100. The number of anilines is 2. The lowest BCUT2D eigenvalue weighted by Gasteiger charge is -2.20. The second-order valence-corrected chi connectivity index (χ2v) is 8.29. The average Bonchev–Trinajstić information content (AvgIpc) is 2.70. The second-order valence-electron chi connectivity index (χ2n) is 5.91. The number of sulfonamides is 1. The van der Waals surface area contributed by atoms with Crippen LogP contribution >= 0.6 is 11.6 Å². The quantitative estimate of drug-likeness (QED) is 0.660. The number of nitrogens with zero attached hydrogens (tertiary/aromatic N) is 1. The molecule has 0 unspecified atom stereocenters. The van der Waals surface area contributed by atoms with Crippen molar-refractivity contribution in [2.24, 2.45) is 0 Å². The fourth-order valence-electron chi connectivity index (χ4n) is 2.50. The van der Waals surface area contributed by atoms with Crippen LogP contribution in [0, 0.1) is 5.82 Å². The molecule has 0 bridgehead atoms. The molecule has 5 nitrogen and oxygen atoms in total. The molecular formula is C20H16ClFN2O3S. The number of hydrogen-bond acceptors (Lipinski definition) is 3. The van der Waals surface area contributed by atoms with Gasteiger partial charge in [-0.25, -0.2) is 12.8 Å². The van der Waals surface area contributed by atoms with Crippen LogP contribution in [0.3, 0.4) is 0 Å². The molecular weight excluding hydrogens is 403 g/mol. The first-order valence-corrected chi connectivity index (χ1v) is 10.0. The second kappa shape index (κ2) is 8.00. The SMILES string of the molecule is CN(c1ccc(Cl)c(C(=O)Nc2ccc(F)cc2)c1)S(=O)(=O)c1ccccc1. The van der Waals surface area contributed by atoms with Gasteiger partial charge < -0.3 is 5.32 Å². The molecule has 8 heteroatoms. The van der Waals surface area contributed by atoms with Gasteiger partial charge in [0.15, 0.2) is 0 Å². The Kier molecular flexibility index (Phi) is 5.67. The van der Waals surface area contributed by atoms with Crippen LogP contribution in [0.25, 0.3) is 0 Å². The van der Waals surface area contributed by atoms with E-state index in [4.69, 9.17) is 11.6 Å². The third-order valence-corrected chi connectivity index (χ3v) is 6.19. The van der Waals surface area contributed by atoms with Crippen molar-refractivity contribution in [3.05, 3.63) is 89.2 Å². The summed E-state index contributed by atoms with van der Waals surface area (Å²) in [6, 6.07) is 17.6. The maximum absolute atomic E-state index is 13.0. The molecule has 0 radical (unpaired) electrons. The molecule has 0 heterocycles. The van der Waals surface area contributed by atoms with E-state index in [1.165, 1.54) is 61.6 Å². The normalized spacial score (nSPS) is 11.1. The highest BCUT2D eigenvalue weighted by Crippen LogP contribution is 2.27. The minimum absolute atomic E-state index is 0.0959. The minimum Gasteiger partial charge on any atom is -0.322 e. The number of amides is 1. The summed E-state index contributed by atoms with van der Waals surface area (Å²) in [6.07, 6.45) is 0. The van der Waals surface area contributed by atoms with E-state index >= 15 is 0 Å². The Morgan fingerprint density at radius 3 is 2.29 bits per heavy atom. The van der Waals surface area contributed by atoms with Crippen molar-refractivity contribution >= 4 is 38.9 Å². The molecule has 1 amide bonds. The number of rotatable bonds is 5. The average molecular weight is 419 g/mol. The number of hydrogen-bond donors (Lipinski definition) is 1. The Hall–Kier alpha value is -2.90. The number of carbonyl (C=O) groups is 1. The molecule has 0 saturated heterocycles. The summed E-state index contributed by atoms with van der Waals surface area (Å²) < 4.78 is 39.6. The van der Waals surface area contributed by atoms with Crippen molar-refractivity contribution in [2.75, 3.05) is 16.7 Å². The van der Waals surface area contributed by atoms with Gasteiger partial charge in [-0.3, -0.25) is 9.10 Å². The van der Waals surface area contributed by atoms with Gasteiger partial charge in [0.05, 0.1) is 21.2 Å². The van der Waals surface area contributed by atoms with E-state index in [0.717, 1.165) is 4.31 Å². The van der Waals surface area contributed by atoms with Gasteiger partial charge in [-0.05, 0) is 54.6 Å².